The fourth-order valence-corrected chi connectivity index (χ4v) is 1.06. The Labute approximate surface area is 69.9 Å². The van der Waals surface area contributed by atoms with Gasteiger partial charge in [-0.25, -0.2) is 15.0 Å². The number of hydrogen-bond donors (Lipinski definition) is 0. The van der Waals surface area contributed by atoms with Crippen LogP contribution in [-0.2, 0) is 7.05 Å². The third-order valence-electron chi connectivity index (χ3n) is 1.64. The summed E-state index contributed by atoms with van der Waals surface area (Å²) in [5.41, 5.74) is 0.935. The Bertz CT molecular complexity index is 366. The summed E-state index contributed by atoms with van der Waals surface area (Å²) < 4.78 is 1.93. The standard InChI is InChI=1S/C8H8N4/c1-12-3-2-11-8(12)7-4-9-6-10-5-7/h2-6H,1H3. The van der Waals surface area contributed by atoms with Crippen LogP contribution in [0.4, 0.5) is 0 Å². The molecular formula is C8H8N4. The summed E-state index contributed by atoms with van der Waals surface area (Å²) in [6.45, 7) is 0. The Morgan fingerprint density at radius 1 is 1.25 bits per heavy atom. The number of imidazole rings is 1. The zero-order valence-corrected chi connectivity index (χ0v) is 6.68. The van der Waals surface area contributed by atoms with E-state index >= 15 is 0 Å². The minimum Gasteiger partial charge on any atom is -0.334 e. The molecule has 0 N–H and O–H groups in total. The van der Waals surface area contributed by atoms with Crippen LogP contribution in [0.3, 0.4) is 0 Å². The molecule has 0 aliphatic rings. The Hall–Kier alpha value is -1.71. The minimum absolute atomic E-state index is 0.885. The molecule has 0 radical (unpaired) electrons. The molecule has 2 heterocycles. The molecule has 0 amide bonds. The number of hydrogen-bond acceptors (Lipinski definition) is 3. The lowest BCUT2D eigenvalue weighted by molar-refractivity contribution is 0.921. The monoisotopic (exact) mass is 160 g/mol. The van der Waals surface area contributed by atoms with Crippen molar-refractivity contribution in [2.45, 2.75) is 0 Å². The number of nitrogens with zero attached hydrogens (tertiary/aromatic N) is 4. The molecule has 60 valence electrons. The molecule has 0 saturated carbocycles. The first-order chi connectivity index (χ1) is 5.88. The van der Waals surface area contributed by atoms with Gasteiger partial charge >= 0.3 is 0 Å². The van der Waals surface area contributed by atoms with Gasteiger partial charge in [0.15, 0.2) is 0 Å². The van der Waals surface area contributed by atoms with Crippen LogP contribution in [0.25, 0.3) is 11.4 Å². The SMILES string of the molecule is Cn1ccnc1-c1cncnc1. The van der Waals surface area contributed by atoms with E-state index < -0.39 is 0 Å². The van der Waals surface area contributed by atoms with Crippen molar-refractivity contribution in [1.82, 2.24) is 19.5 Å². The van der Waals surface area contributed by atoms with Gasteiger partial charge in [-0.1, -0.05) is 0 Å². The van der Waals surface area contributed by atoms with Crippen LogP contribution in [0.15, 0.2) is 31.1 Å². The molecule has 0 unspecified atom stereocenters. The summed E-state index contributed by atoms with van der Waals surface area (Å²) in [5.74, 6) is 0.885. The molecule has 2 aromatic rings. The topological polar surface area (TPSA) is 43.6 Å². The molecule has 0 aromatic carbocycles. The molecule has 0 spiro atoms. The Kier molecular flexibility index (Phi) is 1.59. The van der Waals surface area contributed by atoms with Gasteiger partial charge in [0, 0.05) is 31.8 Å². The molecule has 4 nitrogen and oxygen atoms in total. The van der Waals surface area contributed by atoms with Crippen LogP contribution in [-0.4, -0.2) is 19.5 Å². The zero-order chi connectivity index (χ0) is 8.39. The predicted octanol–water partition coefficient (Wildman–Crippen LogP) is 0.877. The van der Waals surface area contributed by atoms with E-state index in [4.69, 9.17) is 0 Å². The summed E-state index contributed by atoms with van der Waals surface area (Å²) in [7, 11) is 1.94. The molecule has 0 fully saturated rings. The van der Waals surface area contributed by atoms with Crippen LogP contribution in [0.5, 0.6) is 0 Å². The third kappa shape index (κ3) is 1.07. The maximum absolute atomic E-state index is 4.17. The molecule has 2 rings (SSSR count). The van der Waals surface area contributed by atoms with E-state index in [-0.39, 0.29) is 0 Å². The Morgan fingerprint density at radius 2 is 2.00 bits per heavy atom. The zero-order valence-electron chi connectivity index (χ0n) is 6.68. The maximum atomic E-state index is 4.17. The van der Waals surface area contributed by atoms with E-state index in [0.717, 1.165) is 11.4 Å². The number of rotatable bonds is 1. The third-order valence-corrected chi connectivity index (χ3v) is 1.64. The molecule has 0 aliphatic carbocycles. The highest BCUT2D eigenvalue weighted by atomic mass is 15.0. The fraction of sp³-hybridized carbons (Fsp3) is 0.125. The maximum Gasteiger partial charge on any atom is 0.142 e. The van der Waals surface area contributed by atoms with Gasteiger partial charge in [0.25, 0.3) is 0 Å². The van der Waals surface area contributed by atoms with Crippen molar-refractivity contribution in [3.8, 4) is 11.4 Å². The molecule has 0 saturated heterocycles. The van der Waals surface area contributed by atoms with E-state index in [1.807, 2.05) is 17.8 Å². The van der Waals surface area contributed by atoms with Gasteiger partial charge in [0.05, 0.1) is 5.56 Å². The summed E-state index contributed by atoms with van der Waals surface area (Å²) in [4.78, 5) is 12.0. The first-order valence-electron chi connectivity index (χ1n) is 3.60. The average Bonchev–Trinajstić information content (AvgIpc) is 2.53. The minimum atomic E-state index is 0.885. The van der Waals surface area contributed by atoms with Gasteiger partial charge in [-0.05, 0) is 0 Å². The fourth-order valence-electron chi connectivity index (χ4n) is 1.06. The largest absolute Gasteiger partial charge is 0.334 e. The molecule has 12 heavy (non-hydrogen) atoms. The second-order valence-electron chi connectivity index (χ2n) is 2.49. The molecule has 4 heteroatoms. The van der Waals surface area contributed by atoms with Crippen LogP contribution >= 0.6 is 0 Å². The van der Waals surface area contributed by atoms with Gasteiger partial charge in [-0.2, -0.15) is 0 Å². The van der Waals surface area contributed by atoms with E-state index in [1.54, 1.807) is 18.6 Å². The first kappa shape index (κ1) is 6.97. The molecule has 0 aliphatic heterocycles. The van der Waals surface area contributed by atoms with Crippen molar-refractivity contribution in [1.29, 1.82) is 0 Å². The van der Waals surface area contributed by atoms with Gasteiger partial charge in [-0.15, -0.1) is 0 Å². The van der Waals surface area contributed by atoms with Gasteiger partial charge < -0.3 is 4.57 Å². The van der Waals surface area contributed by atoms with Crippen molar-refractivity contribution in [3.63, 3.8) is 0 Å². The predicted molar refractivity (Wildman–Crippen MR) is 44.2 cm³/mol. The molecule has 0 bridgehead atoms. The lowest BCUT2D eigenvalue weighted by atomic mass is 10.3. The van der Waals surface area contributed by atoms with Crippen LogP contribution in [0.2, 0.25) is 0 Å². The summed E-state index contributed by atoms with van der Waals surface area (Å²) in [5, 5.41) is 0. The Morgan fingerprint density at radius 3 is 2.58 bits per heavy atom. The Balaban J connectivity index is 2.51. The van der Waals surface area contributed by atoms with Crippen molar-refractivity contribution in [2.24, 2.45) is 7.05 Å². The van der Waals surface area contributed by atoms with Crippen molar-refractivity contribution in [2.75, 3.05) is 0 Å². The summed E-state index contributed by atoms with van der Waals surface area (Å²) >= 11 is 0. The van der Waals surface area contributed by atoms with Crippen molar-refractivity contribution in [3.05, 3.63) is 31.1 Å². The van der Waals surface area contributed by atoms with Gasteiger partial charge in [0.2, 0.25) is 0 Å². The second-order valence-corrected chi connectivity index (χ2v) is 2.49. The quantitative estimate of drug-likeness (QED) is 0.622. The van der Waals surface area contributed by atoms with Crippen LogP contribution in [0, 0.1) is 0 Å². The van der Waals surface area contributed by atoms with E-state index in [2.05, 4.69) is 15.0 Å². The average molecular weight is 160 g/mol. The number of aromatic nitrogens is 4. The van der Waals surface area contributed by atoms with Gasteiger partial charge in [0.1, 0.15) is 12.2 Å². The van der Waals surface area contributed by atoms with Crippen molar-refractivity contribution < 1.29 is 0 Å². The van der Waals surface area contributed by atoms with E-state index in [1.165, 1.54) is 6.33 Å². The van der Waals surface area contributed by atoms with Crippen LogP contribution < -0.4 is 0 Å². The highest BCUT2D eigenvalue weighted by Gasteiger charge is 2.01. The summed E-state index contributed by atoms with van der Waals surface area (Å²) in [6, 6.07) is 0. The summed E-state index contributed by atoms with van der Waals surface area (Å²) in [6.07, 6.45) is 8.64. The van der Waals surface area contributed by atoms with E-state index in [9.17, 15) is 0 Å². The molecule has 0 atom stereocenters. The molecular weight excluding hydrogens is 152 g/mol. The normalized spacial score (nSPS) is 10.1. The van der Waals surface area contributed by atoms with Crippen LogP contribution in [0.1, 0.15) is 0 Å². The smallest absolute Gasteiger partial charge is 0.142 e. The van der Waals surface area contributed by atoms with E-state index in [0.29, 0.717) is 0 Å². The lowest BCUT2D eigenvalue weighted by Crippen LogP contribution is -1.91. The highest BCUT2D eigenvalue weighted by molar-refractivity contribution is 5.51. The number of aryl methyl sites for hydroxylation is 1. The lowest BCUT2D eigenvalue weighted by Gasteiger charge is -1.98. The van der Waals surface area contributed by atoms with Gasteiger partial charge in [-0.3, -0.25) is 0 Å². The second kappa shape index (κ2) is 2.73. The highest BCUT2D eigenvalue weighted by Crippen LogP contribution is 2.12. The van der Waals surface area contributed by atoms with Crippen molar-refractivity contribution >= 4 is 0 Å². The molecule has 2 aromatic heterocycles. The first-order valence-corrected chi connectivity index (χ1v) is 3.60.